The first-order valence-electron chi connectivity index (χ1n) is 11.2. The molecule has 0 bridgehead atoms. The van der Waals surface area contributed by atoms with E-state index in [1.807, 2.05) is 49.4 Å². The molecule has 0 aliphatic carbocycles. The zero-order valence-corrected chi connectivity index (χ0v) is 19.4. The lowest BCUT2D eigenvalue weighted by atomic mass is 10.1. The number of carbonyl (C=O) groups excluding carboxylic acids is 1. The van der Waals surface area contributed by atoms with Gasteiger partial charge in [-0.05, 0) is 60.9 Å². The largest absolute Gasteiger partial charge is 0.492 e. The van der Waals surface area contributed by atoms with E-state index in [1.165, 1.54) is 16.4 Å². The zero-order valence-electron chi connectivity index (χ0n) is 18.6. The van der Waals surface area contributed by atoms with Gasteiger partial charge in [-0.2, -0.15) is 4.31 Å². The van der Waals surface area contributed by atoms with Crippen molar-refractivity contribution in [2.75, 3.05) is 31.6 Å². The molecule has 1 saturated heterocycles. The molecule has 1 aliphatic heterocycles. The van der Waals surface area contributed by atoms with Crippen molar-refractivity contribution in [2.24, 2.45) is 0 Å². The van der Waals surface area contributed by atoms with Crippen LogP contribution in [0.1, 0.15) is 26.2 Å². The number of carbonyl (C=O) groups is 1. The topological polar surface area (TPSA) is 84.9 Å². The Bertz CT molecular complexity index is 1240. The van der Waals surface area contributed by atoms with Gasteiger partial charge in [0.1, 0.15) is 11.5 Å². The lowest BCUT2D eigenvalue weighted by molar-refractivity contribution is -0.118. The smallest absolute Gasteiger partial charge is 0.262 e. The Balaban J connectivity index is 1.48. The molecule has 33 heavy (non-hydrogen) atoms. The van der Waals surface area contributed by atoms with Gasteiger partial charge in [0.25, 0.3) is 5.91 Å². The van der Waals surface area contributed by atoms with Crippen LogP contribution in [-0.4, -0.2) is 44.9 Å². The maximum Gasteiger partial charge on any atom is 0.262 e. The van der Waals surface area contributed by atoms with Gasteiger partial charge in [0, 0.05) is 13.1 Å². The van der Waals surface area contributed by atoms with Gasteiger partial charge in [0.2, 0.25) is 10.0 Å². The lowest BCUT2D eigenvalue weighted by Gasteiger charge is -2.26. The molecule has 0 aromatic heterocycles. The van der Waals surface area contributed by atoms with Crippen LogP contribution in [0.5, 0.6) is 11.5 Å². The molecule has 3 aromatic rings. The summed E-state index contributed by atoms with van der Waals surface area (Å²) >= 11 is 0. The van der Waals surface area contributed by atoms with Crippen LogP contribution in [0.15, 0.2) is 65.6 Å². The minimum Gasteiger partial charge on any atom is -0.492 e. The van der Waals surface area contributed by atoms with Crippen molar-refractivity contribution in [3.63, 3.8) is 0 Å². The second-order valence-corrected chi connectivity index (χ2v) is 9.84. The van der Waals surface area contributed by atoms with Crippen molar-refractivity contribution in [2.45, 2.75) is 31.1 Å². The molecule has 3 aromatic carbocycles. The van der Waals surface area contributed by atoms with Gasteiger partial charge >= 0.3 is 0 Å². The Morgan fingerprint density at radius 2 is 1.70 bits per heavy atom. The van der Waals surface area contributed by atoms with Crippen molar-refractivity contribution in [1.82, 2.24) is 4.31 Å². The monoisotopic (exact) mass is 468 g/mol. The summed E-state index contributed by atoms with van der Waals surface area (Å²) in [7, 11) is -3.63. The Hall–Kier alpha value is -3.10. The highest BCUT2D eigenvalue weighted by Gasteiger charge is 2.27. The number of nitrogens with one attached hydrogen (secondary N) is 1. The number of amides is 1. The quantitative estimate of drug-likeness (QED) is 0.529. The van der Waals surface area contributed by atoms with E-state index in [1.54, 1.807) is 6.07 Å². The maximum atomic E-state index is 13.1. The number of piperidine rings is 1. The normalized spacial score (nSPS) is 14.7. The molecule has 1 N–H and O–H groups in total. The van der Waals surface area contributed by atoms with E-state index in [0.29, 0.717) is 36.9 Å². The van der Waals surface area contributed by atoms with Gasteiger partial charge in [-0.15, -0.1) is 0 Å². The number of anilines is 1. The number of hydrogen-bond acceptors (Lipinski definition) is 5. The molecular weight excluding hydrogens is 440 g/mol. The summed E-state index contributed by atoms with van der Waals surface area (Å²) in [6.07, 6.45) is 2.74. The van der Waals surface area contributed by atoms with Crippen molar-refractivity contribution < 1.29 is 22.7 Å². The van der Waals surface area contributed by atoms with Gasteiger partial charge in [0.05, 0.1) is 17.2 Å². The number of benzene rings is 3. The summed E-state index contributed by atoms with van der Waals surface area (Å²) in [5.74, 6) is 0.584. The standard InChI is InChI=1S/C25H28N2O5S/c1-2-31-24-13-12-22(33(29,30)27-14-6-3-7-15-27)17-23(24)26-25(28)18-32-21-11-10-19-8-4-5-9-20(19)16-21/h4-5,8-13,16-17H,2-3,6-7,14-15,18H2,1H3,(H,26,28). The molecule has 174 valence electrons. The van der Waals surface area contributed by atoms with E-state index in [-0.39, 0.29) is 11.5 Å². The van der Waals surface area contributed by atoms with Gasteiger partial charge in [-0.25, -0.2) is 8.42 Å². The van der Waals surface area contributed by atoms with Gasteiger partial charge in [-0.1, -0.05) is 36.8 Å². The molecule has 0 unspecified atom stereocenters. The van der Waals surface area contributed by atoms with Crippen LogP contribution in [0.2, 0.25) is 0 Å². The summed E-state index contributed by atoms with van der Waals surface area (Å²) in [4.78, 5) is 12.8. The maximum absolute atomic E-state index is 13.1. The van der Waals surface area contributed by atoms with Gasteiger partial charge < -0.3 is 14.8 Å². The average molecular weight is 469 g/mol. The van der Waals surface area contributed by atoms with E-state index in [2.05, 4.69) is 5.32 Å². The summed E-state index contributed by atoms with van der Waals surface area (Å²) in [5.41, 5.74) is 0.307. The highest BCUT2D eigenvalue weighted by Crippen LogP contribution is 2.30. The third-order valence-electron chi connectivity index (χ3n) is 5.57. The Morgan fingerprint density at radius 3 is 2.45 bits per heavy atom. The lowest BCUT2D eigenvalue weighted by Crippen LogP contribution is -2.35. The van der Waals surface area contributed by atoms with Crippen LogP contribution in [0, 0.1) is 0 Å². The van der Waals surface area contributed by atoms with Crippen molar-refractivity contribution in [3.8, 4) is 11.5 Å². The fourth-order valence-corrected chi connectivity index (χ4v) is 5.44. The van der Waals surface area contributed by atoms with Gasteiger partial charge in [-0.3, -0.25) is 4.79 Å². The van der Waals surface area contributed by atoms with Gasteiger partial charge in [0.15, 0.2) is 6.61 Å². The van der Waals surface area contributed by atoms with Crippen LogP contribution < -0.4 is 14.8 Å². The van der Waals surface area contributed by atoms with Crippen molar-refractivity contribution >= 4 is 32.4 Å². The van der Waals surface area contributed by atoms with E-state index in [4.69, 9.17) is 9.47 Å². The highest BCUT2D eigenvalue weighted by atomic mass is 32.2. The average Bonchev–Trinajstić information content (AvgIpc) is 2.84. The Morgan fingerprint density at radius 1 is 0.939 bits per heavy atom. The predicted octanol–water partition coefficient (Wildman–Crippen LogP) is 4.43. The Kier molecular flexibility index (Phi) is 7.15. The minimum absolute atomic E-state index is 0.138. The molecule has 0 spiro atoms. The number of sulfonamides is 1. The second-order valence-electron chi connectivity index (χ2n) is 7.90. The van der Waals surface area contributed by atoms with Crippen LogP contribution in [0.3, 0.4) is 0 Å². The summed E-state index contributed by atoms with van der Waals surface area (Å²) < 4.78 is 38.9. The van der Waals surface area contributed by atoms with Crippen LogP contribution in [0.4, 0.5) is 5.69 Å². The SMILES string of the molecule is CCOc1ccc(S(=O)(=O)N2CCCCC2)cc1NC(=O)COc1ccc2ccccc2c1. The molecule has 8 heteroatoms. The van der Waals surface area contributed by atoms with E-state index in [0.717, 1.165) is 30.0 Å². The van der Waals surface area contributed by atoms with E-state index >= 15 is 0 Å². The number of ether oxygens (including phenoxy) is 2. The van der Waals surface area contributed by atoms with E-state index < -0.39 is 15.9 Å². The molecule has 1 heterocycles. The first-order valence-corrected chi connectivity index (χ1v) is 12.6. The second kappa shape index (κ2) is 10.2. The molecule has 1 fully saturated rings. The van der Waals surface area contributed by atoms with Crippen LogP contribution in [-0.2, 0) is 14.8 Å². The number of nitrogens with zero attached hydrogens (tertiary/aromatic N) is 1. The highest BCUT2D eigenvalue weighted by molar-refractivity contribution is 7.89. The molecule has 0 radical (unpaired) electrons. The third kappa shape index (κ3) is 5.46. The molecule has 1 aliphatic rings. The molecule has 0 atom stereocenters. The first kappa shape index (κ1) is 23.1. The fraction of sp³-hybridized carbons (Fsp3) is 0.320. The predicted molar refractivity (Wildman–Crippen MR) is 128 cm³/mol. The van der Waals surface area contributed by atoms with Crippen molar-refractivity contribution in [1.29, 1.82) is 0 Å². The molecule has 4 rings (SSSR count). The fourth-order valence-electron chi connectivity index (χ4n) is 3.90. The first-order chi connectivity index (χ1) is 16.0. The van der Waals surface area contributed by atoms with Crippen LogP contribution >= 0.6 is 0 Å². The van der Waals surface area contributed by atoms with E-state index in [9.17, 15) is 13.2 Å². The van der Waals surface area contributed by atoms with Crippen LogP contribution in [0.25, 0.3) is 10.8 Å². The minimum atomic E-state index is -3.63. The number of hydrogen-bond donors (Lipinski definition) is 1. The molecular formula is C25H28N2O5S. The van der Waals surface area contributed by atoms with Crippen molar-refractivity contribution in [3.05, 3.63) is 60.7 Å². The number of rotatable bonds is 8. The third-order valence-corrected chi connectivity index (χ3v) is 7.46. The molecule has 1 amide bonds. The Labute approximate surface area is 194 Å². The number of fused-ring (bicyclic) bond motifs is 1. The summed E-state index contributed by atoms with van der Waals surface area (Å²) in [6, 6.07) is 18.1. The molecule has 0 saturated carbocycles. The summed E-state index contributed by atoms with van der Waals surface area (Å²) in [5, 5.41) is 4.85. The summed E-state index contributed by atoms with van der Waals surface area (Å²) in [6.45, 7) is 3.02. The molecule has 7 nitrogen and oxygen atoms in total. The zero-order chi connectivity index (χ0) is 23.3.